The second-order valence-corrected chi connectivity index (χ2v) is 6.76. The first-order chi connectivity index (χ1) is 13.7. The summed E-state index contributed by atoms with van der Waals surface area (Å²) in [6.45, 7) is 3.72. The van der Waals surface area contributed by atoms with E-state index >= 15 is 0 Å². The number of aromatic nitrogens is 3. The second-order valence-electron chi connectivity index (χ2n) is 6.76. The van der Waals surface area contributed by atoms with Crippen LogP contribution in [0.5, 0.6) is 0 Å². The van der Waals surface area contributed by atoms with E-state index in [1.807, 2.05) is 26.0 Å². The van der Waals surface area contributed by atoms with Crippen molar-refractivity contribution in [1.82, 2.24) is 15.0 Å². The molecule has 1 aliphatic heterocycles. The number of alkyl halides is 3. The highest BCUT2D eigenvalue weighted by atomic mass is 19.4. The third-order valence-corrected chi connectivity index (χ3v) is 4.56. The Hall–Kier alpha value is -3.49. The molecule has 0 unspecified atom stereocenters. The molecule has 1 aliphatic rings. The van der Waals surface area contributed by atoms with Gasteiger partial charge in [0, 0.05) is 23.0 Å². The predicted molar refractivity (Wildman–Crippen MR) is 102 cm³/mol. The third kappa shape index (κ3) is 3.75. The van der Waals surface area contributed by atoms with Crippen LogP contribution in [0, 0.1) is 13.8 Å². The number of carbonyl (C=O) groups excluding carboxylic acids is 1. The first kappa shape index (κ1) is 18.9. The summed E-state index contributed by atoms with van der Waals surface area (Å²) in [5.74, 6) is -0.162. The number of benzene rings is 1. The van der Waals surface area contributed by atoms with E-state index in [2.05, 4.69) is 25.6 Å². The van der Waals surface area contributed by atoms with Gasteiger partial charge in [-0.15, -0.1) is 0 Å². The Balaban J connectivity index is 1.78. The van der Waals surface area contributed by atoms with E-state index in [-0.39, 0.29) is 18.1 Å². The number of amides is 1. The quantitative estimate of drug-likeness (QED) is 0.667. The molecule has 4 rings (SSSR count). The Bertz CT molecular complexity index is 1130. The van der Waals surface area contributed by atoms with Crippen LogP contribution < -0.4 is 10.6 Å². The van der Waals surface area contributed by atoms with Gasteiger partial charge in [0.2, 0.25) is 11.9 Å². The van der Waals surface area contributed by atoms with E-state index in [9.17, 15) is 18.0 Å². The molecule has 0 radical (unpaired) electrons. The molecule has 1 amide bonds. The standard InChI is InChI=1S/C20H16F3N5O/c1-10-3-6-15(11(2)25-10)27-19-24-9-12-7-17(29)26-16-8-13(20(21,22)23)4-5-14(16)18(12)28-19/h3-6,8-9H,7H2,1-2H3,(H,26,29)(H,24,27,28). The topological polar surface area (TPSA) is 79.8 Å². The largest absolute Gasteiger partial charge is 0.416 e. The first-order valence-corrected chi connectivity index (χ1v) is 8.79. The van der Waals surface area contributed by atoms with Gasteiger partial charge in [-0.25, -0.2) is 9.97 Å². The molecule has 0 saturated carbocycles. The van der Waals surface area contributed by atoms with E-state index in [1.54, 1.807) is 0 Å². The van der Waals surface area contributed by atoms with Crippen molar-refractivity contribution in [1.29, 1.82) is 0 Å². The van der Waals surface area contributed by atoms with Crippen LogP contribution in [0.1, 0.15) is 22.5 Å². The fourth-order valence-corrected chi connectivity index (χ4v) is 3.17. The molecule has 2 N–H and O–H groups in total. The molecule has 0 spiro atoms. The van der Waals surface area contributed by atoms with Crippen molar-refractivity contribution in [3.8, 4) is 11.3 Å². The van der Waals surface area contributed by atoms with Gasteiger partial charge in [-0.3, -0.25) is 9.78 Å². The lowest BCUT2D eigenvalue weighted by Gasteiger charge is -2.13. The average molecular weight is 399 g/mol. The number of halogens is 3. The Labute approximate surface area is 164 Å². The minimum Gasteiger partial charge on any atom is -0.325 e. The normalized spacial score (nSPS) is 13.2. The summed E-state index contributed by atoms with van der Waals surface area (Å²) in [4.78, 5) is 25.2. The molecule has 0 saturated heterocycles. The molecule has 2 aromatic heterocycles. The maximum absolute atomic E-state index is 13.1. The number of fused-ring (bicyclic) bond motifs is 3. The molecule has 0 fully saturated rings. The van der Waals surface area contributed by atoms with Crippen molar-refractivity contribution < 1.29 is 18.0 Å². The molecule has 148 valence electrons. The number of hydrogen-bond acceptors (Lipinski definition) is 5. The number of nitrogens with one attached hydrogen (secondary N) is 2. The molecule has 3 aromatic rings. The van der Waals surface area contributed by atoms with Gasteiger partial charge in [0.25, 0.3) is 0 Å². The van der Waals surface area contributed by atoms with Crippen molar-refractivity contribution in [2.24, 2.45) is 0 Å². The number of hydrogen-bond donors (Lipinski definition) is 2. The van der Waals surface area contributed by atoms with Gasteiger partial charge in [-0.05, 0) is 38.1 Å². The molecule has 9 heteroatoms. The molecule has 0 aliphatic carbocycles. The molecule has 0 bridgehead atoms. The van der Waals surface area contributed by atoms with Gasteiger partial charge >= 0.3 is 6.18 Å². The zero-order valence-electron chi connectivity index (χ0n) is 15.6. The zero-order valence-corrected chi connectivity index (χ0v) is 15.6. The monoisotopic (exact) mass is 399 g/mol. The van der Waals surface area contributed by atoms with Crippen LogP contribution >= 0.6 is 0 Å². The molecular weight excluding hydrogens is 383 g/mol. The predicted octanol–water partition coefficient (Wildman–Crippen LogP) is 4.41. The highest BCUT2D eigenvalue weighted by Gasteiger charge is 2.32. The van der Waals surface area contributed by atoms with Gasteiger partial charge in [0.15, 0.2) is 0 Å². The minimum atomic E-state index is -4.51. The number of pyridine rings is 1. The van der Waals surface area contributed by atoms with E-state index < -0.39 is 17.6 Å². The van der Waals surface area contributed by atoms with Crippen molar-refractivity contribution in [3.63, 3.8) is 0 Å². The second kappa shape index (κ2) is 6.84. The van der Waals surface area contributed by atoms with Crippen molar-refractivity contribution in [2.45, 2.75) is 26.4 Å². The Morgan fingerprint density at radius 1 is 1.10 bits per heavy atom. The van der Waals surface area contributed by atoms with Gasteiger partial charge in [0.1, 0.15) is 0 Å². The van der Waals surface area contributed by atoms with Crippen molar-refractivity contribution in [3.05, 3.63) is 59.0 Å². The minimum absolute atomic E-state index is 0.0310. The van der Waals surface area contributed by atoms with Crippen LogP contribution in [0.15, 0.2) is 36.5 Å². The van der Waals surface area contributed by atoms with Crippen LogP contribution in [0.3, 0.4) is 0 Å². The fourth-order valence-electron chi connectivity index (χ4n) is 3.17. The lowest BCUT2D eigenvalue weighted by atomic mass is 10.0. The van der Waals surface area contributed by atoms with Crippen LogP contribution in [0.25, 0.3) is 11.3 Å². The Morgan fingerprint density at radius 2 is 1.90 bits per heavy atom. The van der Waals surface area contributed by atoms with Crippen molar-refractivity contribution in [2.75, 3.05) is 10.6 Å². The summed E-state index contributed by atoms with van der Waals surface area (Å²) in [6, 6.07) is 6.91. The smallest absolute Gasteiger partial charge is 0.325 e. The van der Waals surface area contributed by atoms with Crippen molar-refractivity contribution >= 4 is 23.2 Å². The van der Waals surface area contributed by atoms with Gasteiger partial charge in [-0.1, -0.05) is 6.07 Å². The molecule has 1 aromatic carbocycles. The lowest BCUT2D eigenvalue weighted by molar-refractivity contribution is -0.137. The highest BCUT2D eigenvalue weighted by Crippen LogP contribution is 2.38. The Morgan fingerprint density at radius 3 is 2.62 bits per heavy atom. The maximum Gasteiger partial charge on any atom is 0.416 e. The number of nitrogens with zero attached hydrogens (tertiary/aromatic N) is 3. The summed E-state index contributed by atoms with van der Waals surface area (Å²) in [7, 11) is 0. The zero-order chi connectivity index (χ0) is 20.8. The molecule has 29 heavy (non-hydrogen) atoms. The van der Waals surface area contributed by atoms with Crippen LogP contribution in [0.2, 0.25) is 0 Å². The molecule has 6 nitrogen and oxygen atoms in total. The summed E-state index contributed by atoms with van der Waals surface area (Å²) in [5, 5.41) is 5.61. The van der Waals surface area contributed by atoms with Gasteiger partial charge in [0.05, 0.1) is 34.7 Å². The van der Waals surface area contributed by atoms with E-state index in [4.69, 9.17) is 0 Å². The van der Waals surface area contributed by atoms with Crippen LogP contribution in [-0.4, -0.2) is 20.9 Å². The maximum atomic E-state index is 13.1. The van der Waals surface area contributed by atoms with Crippen LogP contribution in [0.4, 0.5) is 30.5 Å². The number of carbonyl (C=O) groups is 1. The lowest BCUT2D eigenvalue weighted by Crippen LogP contribution is -2.13. The van der Waals surface area contributed by atoms with E-state index in [1.165, 1.54) is 12.3 Å². The first-order valence-electron chi connectivity index (χ1n) is 8.79. The fraction of sp³-hybridized carbons (Fsp3) is 0.200. The average Bonchev–Trinajstić information content (AvgIpc) is 2.78. The molecule has 0 atom stereocenters. The summed E-state index contributed by atoms with van der Waals surface area (Å²) in [6.07, 6.45) is -3.03. The third-order valence-electron chi connectivity index (χ3n) is 4.56. The SMILES string of the molecule is Cc1ccc(Nc2ncc3c(n2)-c2ccc(C(F)(F)F)cc2NC(=O)C3)c(C)n1. The summed E-state index contributed by atoms with van der Waals surface area (Å²) in [5.41, 5.74) is 2.92. The van der Waals surface area contributed by atoms with E-state index in [0.29, 0.717) is 22.5 Å². The number of anilines is 3. The molecule has 3 heterocycles. The number of aryl methyl sites for hydroxylation is 2. The molecular formula is C20H16F3N5O. The van der Waals surface area contributed by atoms with E-state index in [0.717, 1.165) is 23.5 Å². The highest BCUT2D eigenvalue weighted by molar-refractivity contribution is 6.00. The van der Waals surface area contributed by atoms with Gasteiger partial charge < -0.3 is 10.6 Å². The Kier molecular flexibility index (Phi) is 4.45. The summed E-state index contributed by atoms with van der Waals surface area (Å²) >= 11 is 0. The number of rotatable bonds is 2. The van der Waals surface area contributed by atoms with Gasteiger partial charge in [-0.2, -0.15) is 13.2 Å². The summed E-state index contributed by atoms with van der Waals surface area (Å²) < 4.78 is 39.2. The van der Waals surface area contributed by atoms with Crippen LogP contribution in [-0.2, 0) is 17.4 Å².